The third kappa shape index (κ3) is 3.09. The van der Waals surface area contributed by atoms with Crippen molar-refractivity contribution < 1.29 is 4.79 Å². The Morgan fingerprint density at radius 2 is 2.50 bits per heavy atom. The van der Waals surface area contributed by atoms with Gasteiger partial charge in [0.2, 0.25) is 0 Å². The first-order valence-electron chi connectivity index (χ1n) is 6.35. The highest BCUT2D eigenvalue weighted by Gasteiger charge is 2.23. The smallest absolute Gasteiger partial charge is 0.271 e. The number of halogens is 1. The maximum Gasteiger partial charge on any atom is 0.271 e. The zero-order valence-corrected chi connectivity index (χ0v) is 12.1. The van der Waals surface area contributed by atoms with E-state index in [2.05, 4.69) is 38.1 Å². The molecule has 1 atom stereocenters. The highest BCUT2D eigenvalue weighted by molar-refractivity contribution is 9.10. The molecule has 0 spiro atoms. The summed E-state index contributed by atoms with van der Waals surface area (Å²) in [6.45, 7) is 5.06. The second-order valence-corrected chi connectivity index (χ2v) is 5.32. The van der Waals surface area contributed by atoms with Crippen LogP contribution in [-0.4, -0.2) is 41.5 Å². The van der Waals surface area contributed by atoms with Gasteiger partial charge in [0.05, 0.1) is 0 Å². The van der Waals surface area contributed by atoms with E-state index in [9.17, 15) is 4.79 Å². The topological polar surface area (TPSA) is 45.2 Å². The summed E-state index contributed by atoms with van der Waals surface area (Å²) in [6, 6.07) is 4.10. The van der Waals surface area contributed by atoms with Gasteiger partial charge < -0.3 is 5.32 Å². The number of likely N-dealkylation sites (tertiary alicyclic amines) is 1. The number of likely N-dealkylation sites (N-methyl/N-ethyl adjacent to an activating group) is 1. The highest BCUT2D eigenvalue weighted by Crippen LogP contribution is 2.16. The second kappa shape index (κ2) is 6.29. The molecule has 2 heterocycles. The average molecular weight is 312 g/mol. The lowest BCUT2D eigenvalue weighted by atomic mass is 10.2. The van der Waals surface area contributed by atoms with E-state index < -0.39 is 0 Å². The van der Waals surface area contributed by atoms with Crippen molar-refractivity contribution in [3.05, 3.63) is 28.5 Å². The van der Waals surface area contributed by atoms with Crippen molar-refractivity contribution in [3.63, 3.8) is 0 Å². The summed E-state index contributed by atoms with van der Waals surface area (Å²) < 4.78 is 0.737. The molecular formula is C13H18BrN3O. The third-order valence-electron chi connectivity index (χ3n) is 3.38. The molecule has 1 aromatic heterocycles. The SMILES string of the molecule is CCN1CCCC1CNC(=O)c1ncccc1Br. The number of nitrogens with one attached hydrogen (secondary N) is 1. The average Bonchev–Trinajstić information content (AvgIpc) is 2.84. The first kappa shape index (κ1) is 13.5. The molecular weight excluding hydrogens is 294 g/mol. The Morgan fingerprint density at radius 3 is 3.22 bits per heavy atom. The molecule has 1 amide bonds. The van der Waals surface area contributed by atoms with E-state index in [-0.39, 0.29) is 5.91 Å². The largest absolute Gasteiger partial charge is 0.349 e. The second-order valence-electron chi connectivity index (χ2n) is 4.47. The molecule has 5 heteroatoms. The number of carbonyl (C=O) groups is 1. The molecule has 0 bridgehead atoms. The van der Waals surface area contributed by atoms with Crippen LogP contribution in [0.1, 0.15) is 30.3 Å². The molecule has 18 heavy (non-hydrogen) atoms. The van der Waals surface area contributed by atoms with Crippen LogP contribution in [0, 0.1) is 0 Å². The minimum Gasteiger partial charge on any atom is -0.349 e. The summed E-state index contributed by atoms with van der Waals surface area (Å²) in [7, 11) is 0. The van der Waals surface area contributed by atoms with Crippen LogP contribution in [0.5, 0.6) is 0 Å². The summed E-state index contributed by atoms with van der Waals surface area (Å²) >= 11 is 3.34. The van der Waals surface area contributed by atoms with Crippen LogP contribution in [-0.2, 0) is 0 Å². The Kier molecular flexibility index (Phi) is 4.72. The number of amides is 1. The maximum atomic E-state index is 12.0. The number of pyridine rings is 1. The Bertz CT molecular complexity index is 424. The lowest BCUT2D eigenvalue weighted by molar-refractivity contribution is 0.0935. The lowest BCUT2D eigenvalue weighted by Gasteiger charge is -2.22. The van der Waals surface area contributed by atoms with E-state index >= 15 is 0 Å². The third-order valence-corrected chi connectivity index (χ3v) is 4.02. The predicted molar refractivity (Wildman–Crippen MR) is 74.5 cm³/mol. The van der Waals surface area contributed by atoms with Crippen molar-refractivity contribution in [2.75, 3.05) is 19.6 Å². The molecule has 1 fully saturated rings. The van der Waals surface area contributed by atoms with Crippen molar-refractivity contribution in [2.24, 2.45) is 0 Å². The fourth-order valence-electron chi connectivity index (χ4n) is 2.39. The zero-order chi connectivity index (χ0) is 13.0. The molecule has 1 N–H and O–H groups in total. The van der Waals surface area contributed by atoms with Gasteiger partial charge in [-0.2, -0.15) is 0 Å². The van der Waals surface area contributed by atoms with Crippen molar-refractivity contribution in [1.82, 2.24) is 15.2 Å². The van der Waals surface area contributed by atoms with Gasteiger partial charge in [-0.05, 0) is 54.0 Å². The number of rotatable bonds is 4. The monoisotopic (exact) mass is 311 g/mol. The highest BCUT2D eigenvalue weighted by atomic mass is 79.9. The van der Waals surface area contributed by atoms with Crippen molar-refractivity contribution in [1.29, 1.82) is 0 Å². The van der Waals surface area contributed by atoms with Gasteiger partial charge in [0.25, 0.3) is 5.91 Å². The number of hydrogen-bond donors (Lipinski definition) is 1. The van der Waals surface area contributed by atoms with Gasteiger partial charge in [0, 0.05) is 23.3 Å². The fourth-order valence-corrected chi connectivity index (χ4v) is 2.82. The molecule has 1 aliphatic rings. The first-order valence-corrected chi connectivity index (χ1v) is 7.14. The molecule has 1 aromatic rings. The molecule has 4 nitrogen and oxygen atoms in total. The van der Waals surface area contributed by atoms with Crippen LogP contribution in [0.15, 0.2) is 22.8 Å². The van der Waals surface area contributed by atoms with Gasteiger partial charge in [0.1, 0.15) is 5.69 Å². The van der Waals surface area contributed by atoms with Gasteiger partial charge >= 0.3 is 0 Å². The van der Waals surface area contributed by atoms with Gasteiger partial charge in [-0.15, -0.1) is 0 Å². The van der Waals surface area contributed by atoms with E-state index in [4.69, 9.17) is 0 Å². The van der Waals surface area contributed by atoms with Gasteiger partial charge in [-0.3, -0.25) is 9.69 Å². The Balaban J connectivity index is 1.91. The maximum absolute atomic E-state index is 12.0. The molecule has 1 unspecified atom stereocenters. The normalized spacial score (nSPS) is 20.0. The van der Waals surface area contributed by atoms with Crippen LogP contribution < -0.4 is 5.32 Å². The number of hydrogen-bond acceptors (Lipinski definition) is 3. The Labute approximate surface area is 116 Å². The van der Waals surface area contributed by atoms with Crippen LogP contribution in [0.3, 0.4) is 0 Å². The van der Waals surface area contributed by atoms with Gasteiger partial charge in [-0.1, -0.05) is 6.92 Å². The van der Waals surface area contributed by atoms with Gasteiger partial charge in [0.15, 0.2) is 0 Å². The van der Waals surface area contributed by atoms with Crippen LogP contribution in [0.4, 0.5) is 0 Å². The van der Waals surface area contributed by atoms with Crippen molar-refractivity contribution in [3.8, 4) is 0 Å². The standard InChI is InChI=1S/C13H18BrN3O/c1-2-17-8-4-5-10(17)9-16-13(18)12-11(14)6-3-7-15-12/h3,6-7,10H,2,4-5,8-9H2,1H3,(H,16,18). The minimum absolute atomic E-state index is 0.106. The summed E-state index contributed by atoms with van der Waals surface area (Å²) in [4.78, 5) is 18.5. The number of aromatic nitrogens is 1. The molecule has 98 valence electrons. The molecule has 0 aliphatic carbocycles. The first-order chi connectivity index (χ1) is 8.72. The fraction of sp³-hybridized carbons (Fsp3) is 0.538. The number of carbonyl (C=O) groups excluding carboxylic acids is 1. The van der Waals surface area contributed by atoms with Crippen LogP contribution >= 0.6 is 15.9 Å². The molecule has 1 aliphatic heterocycles. The zero-order valence-electron chi connectivity index (χ0n) is 10.5. The van der Waals surface area contributed by atoms with Crippen LogP contribution in [0.25, 0.3) is 0 Å². The summed E-state index contributed by atoms with van der Waals surface area (Å²) in [6.07, 6.45) is 4.02. The minimum atomic E-state index is -0.106. The van der Waals surface area contributed by atoms with E-state index in [1.165, 1.54) is 6.42 Å². The van der Waals surface area contributed by atoms with Crippen molar-refractivity contribution >= 4 is 21.8 Å². The molecule has 0 radical (unpaired) electrons. The Hall–Kier alpha value is -0.940. The van der Waals surface area contributed by atoms with Crippen LogP contribution in [0.2, 0.25) is 0 Å². The molecule has 0 saturated carbocycles. The predicted octanol–water partition coefficient (Wildman–Crippen LogP) is 2.06. The van der Waals surface area contributed by atoms with E-state index in [0.717, 1.165) is 24.0 Å². The lowest BCUT2D eigenvalue weighted by Crippen LogP contribution is -2.40. The quantitative estimate of drug-likeness (QED) is 0.925. The molecule has 0 aromatic carbocycles. The summed E-state index contributed by atoms with van der Waals surface area (Å²) in [5.41, 5.74) is 0.457. The summed E-state index contributed by atoms with van der Waals surface area (Å²) in [5.74, 6) is -0.106. The summed E-state index contributed by atoms with van der Waals surface area (Å²) in [5, 5.41) is 2.97. The van der Waals surface area contributed by atoms with Crippen molar-refractivity contribution in [2.45, 2.75) is 25.8 Å². The Morgan fingerprint density at radius 1 is 1.67 bits per heavy atom. The van der Waals surface area contributed by atoms with E-state index in [1.807, 2.05) is 6.07 Å². The molecule has 2 rings (SSSR count). The number of nitrogens with zero attached hydrogens (tertiary/aromatic N) is 2. The molecule has 1 saturated heterocycles. The van der Waals surface area contributed by atoms with E-state index in [1.54, 1.807) is 12.3 Å². The van der Waals surface area contributed by atoms with Gasteiger partial charge in [-0.25, -0.2) is 4.98 Å². The van der Waals surface area contributed by atoms with E-state index in [0.29, 0.717) is 18.3 Å².